The summed E-state index contributed by atoms with van der Waals surface area (Å²) in [6.07, 6.45) is 4.22. The van der Waals surface area contributed by atoms with Crippen molar-refractivity contribution in [2.45, 2.75) is 19.8 Å². The lowest BCUT2D eigenvalue weighted by molar-refractivity contribution is 0.351. The van der Waals surface area contributed by atoms with E-state index in [0.717, 1.165) is 24.3 Å². The quantitative estimate of drug-likeness (QED) is 0.690. The highest BCUT2D eigenvalue weighted by molar-refractivity contribution is 5.53. The minimum Gasteiger partial charge on any atom is -0.493 e. The van der Waals surface area contributed by atoms with Gasteiger partial charge >= 0.3 is 0 Å². The van der Waals surface area contributed by atoms with Crippen LogP contribution in [0.5, 0.6) is 11.5 Å². The fourth-order valence-corrected chi connectivity index (χ4v) is 2.07. The Bertz CT molecular complexity index is 405. The van der Waals surface area contributed by atoms with Crippen molar-refractivity contribution in [2.24, 2.45) is 0 Å². The van der Waals surface area contributed by atoms with E-state index in [1.54, 1.807) is 14.2 Å². The van der Waals surface area contributed by atoms with Crippen molar-refractivity contribution in [1.82, 2.24) is 0 Å². The van der Waals surface area contributed by atoms with Gasteiger partial charge in [-0.1, -0.05) is 17.7 Å². The fourth-order valence-electron chi connectivity index (χ4n) is 2.07. The zero-order valence-corrected chi connectivity index (χ0v) is 9.46. The largest absolute Gasteiger partial charge is 0.493 e. The summed E-state index contributed by atoms with van der Waals surface area (Å²) >= 11 is 0. The van der Waals surface area contributed by atoms with E-state index in [2.05, 4.69) is 19.1 Å². The van der Waals surface area contributed by atoms with E-state index in [4.69, 9.17) is 9.47 Å². The molecule has 0 aromatic heterocycles. The summed E-state index contributed by atoms with van der Waals surface area (Å²) in [5.41, 5.74) is 4.05. The van der Waals surface area contributed by atoms with Gasteiger partial charge in [-0.3, -0.25) is 0 Å². The zero-order chi connectivity index (χ0) is 10.8. The summed E-state index contributed by atoms with van der Waals surface area (Å²) in [5.74, 6) is 1.71. The first kappa shape index (κ1) is 10.1. The smallest absolute Gasteiger partial charge is 0.164 e. The molecule has 1 aromatic carbocycles. The van der Waals surface area contributed by atoms with Gasteiger partial charge < -0.3 is 9.47 Å². The van der Waals surface area contributed by atoms with Crippen LogP contribution in [-0.2, 0) is 12.8 Å². The summed E-state index contributed by atoms with van der Waals surface area (Å²) in [6.45, 7) is 2.17. The Morgan fingerprint density at radius 2 is 1.93 bits per heavy atom. The van der Waals surface area contributed by atoms with E-state index >= 15 is 0 Å². The van der Waals surface area contributed by atoms with Crippen molar-refractivity contribution in [3.05, 3.63) is 34.9 Å². The number of ether oxygens (including phenoxy) is 2. The van der Waals surface area contributed by atoms with Gasteiger partial charge in [-0.2, -0.15) is 0 Å². The van der Waals surface area contributed by atoms with Crippen molar-refractivity contribution in [3.8, 4) is 11.5 Å². The molecule has 0 saturated carbocycles. The number of hydrogen-bond acceptors (Lipinski definition) is 2. The van der Waals surface area contributed by atoms with Gasteiger partial charge in [0.05, 0.1) is 14.2 Å². The lowest BCUT2D eigenvalue weighted by atomic mass is 9.91. The highest BCUT2D eigenvalue weighted by Crippen LogP contribution is 2.36. The van der Waals surface area contributed by atoms with E-state index in [0.29, 0.717) is 0 Å². The minimum absolute atomic E-state index is 0.823. The second-order valence-corrected chi connectivity index (χ2v) is 3.87. The van der Waals surface area contributed by atoms with E-state index < -0.39 is 0 Å². The first-order chi connectivity index (χ1) is 7.26. The topological polar surface area (TPSA) is 18.5 Å². The van der Waals surface area contributed by atoms with E-state index in [9.17, 15) is 0 Å². The molecule has 2 heteroatoms. The summed E-state index contributed by atoms with van der Waals surface area (Å²) in [4.78, 5) is 0. The van der Waals surface area contributed by atoms with E-state index in [1.807, 2.05) is 6.07 Å². The van der Waals surface area contributed by atoms with Gasteiger partial charge in [-0.15, -0.1) is 0 Å². The normalized spacial score (nSPS) is 14.2. The average molecular weight is 204 g/mol. The van der Waals surface area contributed by atoms with Crippen LogP contribution in [0.25, 0.3) is 0 Å². The number of fused-ring (bicyclic) bond motifs is 1. The predicted octanol–water partition coefficient (Wildman–Crippen LogP) is 2.75. The van der Waals surface area contributed by atoms with E-state index in [-0.39, 0.29) is 0 Å². The molecule has 0 radical (unpaired) electrons. The predicted molar refractivity (Wildman–Crippen MR) is 60.7 cm³/mol. The van der Waals surface area contributed by atoms with Gasteiger partial charge in [-0.05, 0) is 31.4 Å². The van der Waals surface area contributed by atoms with Crippen molar-refractivity contribution in [1.29, 1.82) is 0 Å². The van der Waals surface area contributed by atoms with Crippen LogP contribution in [0.15, 0.2) is 23.8 Å². The molecule has 0 bridgehead atoms. The number of hydrogen-bond donors (Lipinski definition) is 0. The van der Waals surface area contributed by atoms with Crippen LogP contribution < -0.4 is 9.47 Å². The number of rotatable bonds is 2. The molecule has 0 amide bonds. The standard InChI is InChI=1S/C13H16O2/c1-9-4-6-11-10(8-9)5-7-12(14-2)13(11)15-3/h4-5,7H,6,8H2,1-3H3. The number of allylic oxidation sites excluding steroid dienone is 2. The fraction of sp³-hybridized carbons (Fsp3) is 0.385. The number of benzene rings is 1. The van der Waals surface area contributed by atoms with Crippen molar-refractivity contribution in [3.63, 3.8) is 0 Å². The number of methoxy groups -OCH3 is 2. The van der Waals surface area contributed by atoms with Gasteiger partial charge in [0.1, 0.15) is 0 Å². The molecule has 0 N–H and O–H groups in total. The van der Waals surface area contributed by atoms with Crippen molar-refractivity contribution in [2.75, 3.05) is 14.2 Å². The molecular formula is C13H16O2. The second-order valence-electron chi connectivity index (χ2n) is 3.87. The molecule has 1 aliphatic rings. The molecule has 0 saturated heterocycles. The lowest BCUT2D eigenvalue weighted by Crippen LogP contribution is -2.05. The van der Waals surface area contributed by atoms with Crippen LogP contribution in [-0.4, -0.2) is 14.2 Å². The first-order valence-electron chi connectivity index (χ1n) is 5.14. The molecule has 1 aromatic rings. The first-order valence-corrected chi connectivity index (χ1v) is 5.14. The molecule has 0 heterocycles. The molecular weight excluding hydrogens is 188 g/mol. The Labute approximate surface area is 90.5 Å². The molecule has 0 unspecified atom stereocenters. The summed E-state index contributed by atoms with van der Waals surface area (Å²) in [5, 5.41) is 0. The average Bonchev–Trinajstić information content (AvgIpc) is 2.27. The SMILES string of the molecule is COc1ccc2c(c1OC)CC=C(C)C2. The van der Waals surface area contributed by atoms with Crippen LogP contribution >= 0.6 is 0 Å². The Balaban J connectivity index is 2.50. The van der Waals surface area contributed by atoms with Crippen LogP contribution in [0.1, 0.15) is 18.1 Å². The Morgan fingerprint density at radius 3 is 2.60 bits per heavy atom. The summed E-state index contributed by atoms with van der Waals surface area (Å²) in [6, 6.07) is 4.11. The molecule has 2 nitrogen and oxygen atoms in total. The molecule has 80 valence electrons. The third kappa shape index (κ3) is 1.72. The van der Waals surface area contributed by atoms with Gasteiger partial charge in [0.2, 0.25) is 0 Å². The monoisotopic (exact) mass is 204 g/mol. The van der Waals surface area contributed by atoms with Crippen LogP contribution in [0.3, 0.4) is 0 Å². The second kappa shape index (κ2) is 3.97. The Morgan fingerprint density at radius 1 is 1.13 bits per heavy atom. The maximum absolute atomic E-state index is 5.42. The molecule has 1 aliphatic carbocycles. The van der Waals surface area contributed by atoms with Crippen molar-refractivity contribution < 1.29 is 9.47 Å². The van der Waals surface area contributed by atoms with Crippen LogP contribution in [0.4, 0.5) is 0 Å². The lowest BCUT2D eigenvalue weighted by Gasteiger charge is -2.19. The molecule has 0 atom stereocenters. The molecule has 2 rings (SSSR count). The summed E-state index contributed by atoms with van der Waals surface area (Å²) in [7, 11) is 3.37. The van der Waals surface area contributed by atoms with Gasteiger partial charge in [0, 0.05) is 5.56 Å². The van der Waals surface area contributed by atoms with Gasteiger partial charge in [0.15, 0.2) is 11.5 Å². The Hall–Kier alpha value is -1.44. The van der Waals surface area contributed by atoms with Crippen molar-refractivity contribution >= 4 is 0 Å². The highest BCUT2D eigenvalue weighted by atomic mass is 16.5. The maximum Gasteiger partial charge on any atom is 0.164 e. The van der Waals surface area contributed by atoms with Crippen LogP contribution in [0, 0.1) is 0 Å². The zero-order valence-electron chi connectivity index (χ0n) is 9.46. The minimum atomic E-state index is 0.823. The highest BCUT2D eigenvalue weighted by Gasteiger charge is 2.16. The molecule has 0 fully saturated rings. The van der Waals surface area contributed by atoms with Gasteiger partial charge in [0.25, 0.3) is 0 Å². The molecule has 0 spiro atoms. The molecule has 0 aliphatic heterocycles. The third-order valence-corrected chi connectivity index (χ3v) is 2.87. The Kier molecular flexibility index (Phi) is 2.67. The molecule has 15 heavy (non-hydrogen) atoms. The maximum atomic E-state index is 5.42. The van der Waals surface area contributed by atoms with E-state index in [1.165, 1.54) is 16.7 Å². The third-order valence-electron chi connectivity index (χ3n) is 2.87. The van der Waals surface area contributed by atoms with Crippen LogP contribution in [0.2, 0.25) is 0 Å². The summed E-state index contributed by atoms with van der Waals surface area (Å²) < 4.78 is 10.7. The van der Waals surface area contributed by atoms with Gasteiger partial charge in [-0.25, -0.2) is 0 Å².